The predicted molar refractivity (Wildman–Crippen MR) is 135 cm³/mol. The van der Waals surface area contributed by atoms with Gasteiger partial charge in [0, 0.05) is 39.3 Å². The number of nitrogens with one attached hydrogen (secondary N) is 2. The molecule has 212 valence electrons. The molecule has 12 nitrogen and oxygen atoms in total. The van der Waals surface area contributed by atoms with Gasteiger partial charge in [0.05, 0.1) is 9.35 Å². The van der Waals surface area contributed by atoms with Gasteiger partial charge in [-0.05, 0) is 40.2 Å². The fraction of sp³-hybridized carbons (Fsp3) is 0.833. The molecule has 0 heterocycles. The van der Waals surface area contributed by atoms with E-state index < -0.39 is 68.6 Å². The second-order valence-electron chi connectivity index (χ2n) is 8.14. The number of nitriles is 1. The van der Waals surface area contributed by atoms with Gasteiger partial charge < -0.3 is 40.8 Å². The average Bonchev–Trinajstić information content (AvgIpc) is 2.93. The van der Waals surface area contributed by atoms with Gasteiger partial charge in [0.1, 0.15) is 19.8 Å². The van der Waals surface area contributed by atoms with Crippen molar-refractivity contribution in [2.75, 3.05) is 26.4 Å². The Morgan fingerprint density at radius 1 is 0.946 bits per heavy atom. The number of primary amides is 1. The van der Waals surface area contributed by atoms with Crippen LogP contribution < -0.4 is 45.9 Å². The van der Waals surface area contributed by atoms with Crippen molar-refractivity contribution < 1.29 is 87.6 Å². The number of hydrogen-bond acceptors (Lipinski definition) is 9. The van der Waals surface area contributed by atoms with Crippen LogP contribution in [0.5, 0.6) is 0 Å². The second-order valence-corrected chi connectivity index (χ2v) is 8.14. The van der Waals surface area contributed by atoms with Crippen molar-refractivity contribution >= 4 is 18.3 Å². The van der Waals surface area contributed by atoms with Crippen molar-refractivity contribution in [1.29, 1.82) is 5.26 Å². The van der Waals surface area contributed by atoms with E-state index >= 15 is 0 Å². The van der Waals surface area contributed by atoms with Crippen LogP contribution >= 0.6 is 0 Å². The van der Waals surface area contributed by atoms with Gasteiger partial charge in [-0.2, -0.15) is 5.26 Å². The number of nitrogens with zero attached hydrogens (tertiary/aromatic N) is 1. The zero-order valence-corrected chi connectivity index (χ0v) is 24.0. The summed E-state index contributed by atoms with van der Waals surface area (Å²) in [5.41, 5.74) is 3.39. The first-order valence-electron chi connectivity index (χ1n) is 17.7. The van der Waals surface area contributed by atoms with Gasteiger partial charge in [0.25, 0.3) is 6.26 Å². The number of nitrogens with two attached hydrogens (primary N) is 1. The molecule has 6 N–H and O–H groups in total. The maximum Gasteiger partial charge on any atom is 1.00 e. The van der Waals surface area contributed by atoms with E-state index in [-0.39, 0.29) is 56.0 Å². The Morgan fingerprint density at radius 2 is 1.30 bits per heavy atom. The molecule has 0 fully saturated rings. The van der Waals surface area contributed by atoms with E-state index in [1.807, 2.05) is 13.8 Å². The Balaban J connectivity index is -0.000000397. The topological polar surface area (TPSA) is 193 Å². The van der Waals surface area contributed by atoms with Crippen molar-refractivity contribution in [2.24, 2.45) is 16.6 Å². The third-order valence-electron chi connectivity index (χ3n) is 4.21. The molecule has 0 aliphatic rings. The molecule has 0 spiro atoms. The molecule has 0 saturated carbocycles. The van der Waals surface area contributed by atoms with Crippen LogP contribution in [0.3, 0.4) is 0 Å². The first-order chi connectivity index (χ1) is 22.2. The summed E-state index contributed by atoms with van der Waals surface area (Å²) in [6.07, 6.45) is -0.506. The van der Waals surface area contributed by atoms with E-state index in [1.54, 1.807) is 24.5 Å². The quantitative estimate of drug-likeness (QED) is 0.124. The van der Waals surface area contributed by atoms with Gasteiger partial charge in [0.15, 0.2) is 0 Å². The Bertz CT molecular complexity index is 1090. The first-order valence-corrected chi connectivity index (χ1v) is 10.7. The van der Waals surface area contributed by atoms with Crippen molar-refractivity contribution in [3.63, 3.8) is 0 Å². The summed E-state index contributed by atoms with van der Waals surface area (Å²) in [6, 6.07) is -6.39. The molecule has 37 heavy (non-hydrogen) atoms. The van der Waals surface area contributed by atoms with E-state index in [9.17, 15) is 19.5 Å². The zero-order chi connectivity index (χ0) is 40.6. The summed E-state index contributed by atoms with van der Waals surface area (Å²) in [6.45, 7) is -7.00. The molecular formula is C24H48N4NaO8+. The summed E-state index contributed by atoms with van der Waals surface area (Å²) in [7, 11) is 0. The molecule has 0 radical (unpaired) electrons. The summed E-state index contributed by atoms with van der Waals surface area (Å²) < 4.78 is 116. The third-order valence-corrected chi connectivity index (χ3v) is 4.21. The molecule has 0 aromatic carbocycles. The summed E-state index contributed by atoms with van der Waals surface area (Å²) in [4.78, 5) is 34.3. The minimum Gasteiger partial charge on any atom is -0.449 e. The fourth-order valence-corrected chi connectivity index (χ4v) is 2.59. The van der Waals surface area contributed by atoms with Gasteiger partial charge in [-0.3, -0.25) is 0 Å². The van der Waals surface area contributed by atoms with Crippen LogP contribution in [-0.4, -0.2) is 67.0 Å². The molecule has 0 aliphatic heterocycles. The third kappa shape index (κ3) is 28.5. The molecule has 2 unspecified atom stereocenters. The summed E-state index contributed by atoms with van der Waals surface area (Å²) in [5, 5.41) is 26.3. The number of carbonyl (C=O) groups excluding carboxylic acids is 3. The maximum absolute atomic E-state index is 11.9. The van der Waals surface area contributed by atoms with Gasteiger partial charge >= 0.3 is 47.8 Å². The van der Waals surface area contributed by atoms with E-state index in [4.69, 9.17) is 49.5 Å². The van der Waals surface area contributed by atoms with Crippen LogP contribution in [0.2, 0.25) is 0 Å². The maximum atomic E-state index is 11.9. The van der Waals surface area contributed by atoms with E-state index in [0.717, 1.165) is 12.7 Å². The van der Waals surface area contributed by atoms with Crippen molar-refractivity contribution in [3.05, 3.63) is 0 Å². The molecular weight excluding hydrogens is 495 g/mol. The Morgan fingerprint density at radius 3 is 1.62 bits per heavy atom. The van der Waals surface area contributed by atoms with Gasteiger partial charge in [-0.25, -0.2) is 14.4 Å². The molecule has 0 bridgehead atoms. The van der Waals surface area contributed by atoms with Crippen molar-refractivity contribution in [2.45, 2.75) is 92.8 Å². The second kappa shape index (κ2) is 24.4. The Hall–Kier alpha value is -1.94. The number of ether oxygens (including phenoxy) is 3. The fourth-order valence-electron chi connectivity index (χ4n) is 2.59. The molecule has 13 heteroatoms. The molecule has 3 amide bonds. The monoisotopic (exact) mass is 557 g/mol. The van der Waals surface area contributed by atoms with Crippen molar-refractivity contribution in [3.8, 4) is 6.26 Å². The molecule has 0 aromatic heterocycles. The Labute approximate surface area is 263 Å². The van der Waals surface area contributed by atoms with Crippen molar-refractivity contribution in [1.82, 2.24) is 10.6 Å². The minimum absolute atomic E-state index is 0. The van der Waals surface area contributed by atoms with Crippen LogP contribution in [0.4, 0.5) is 14.4 Å². The molecule has 2 atom stereocenters. The van der Waals surface area contributed by atoms with Crippen LogP contribution in [0.25, 0.3) is 0 Å². The normalized spacial score (nSPS) is 20.4. The number of rotatable bonds is 13. The van der Waals surface area contributed by atoms with Gasteiger partial charge in [-0.15, -0.1) is 0 Å². The standard InChI is InChI=1S/C12H24N2O4.C11H23NO3.CHNO.Na/c1-5-6-12(4,7-17-10(13)15)8-18-11(16)14-9(2)3;1-5-6-11(4,7-13)8-15-10(14)12-9(2)3;2-1-3;/h9H,5-8H2,1-4H3,(H2,13,15)(H,14,16);9,13H,5-8H2,1-4H3,(H,12,14);3H;/q;;;+1/i2*2D3,3D3,9D;;. The van der Waals surface area contributed by atoms with Crippen LogP contribution in [0.1, 0.15) is 100.0 Å². The zero-order valence-electron chi connectivity index (χ0n) is 36.0. The van der Waals surface area contributed by atoms with Crippen LogP contribution in [0, 0.1) is 22.3 Å². The number of aliphatic hydroxyl groups is 2. The smallest absolute Gasteiger partial charge is 0.449 e. The van der Waals surface area contributed by atoms with E-state index in [1.165, 1.54) is 0 Å². The molecule has 0 rings (SSSR count). The average molecular weight is 558 g/mol. The number of hydrogen-bond donors (Lipinski definition) is 5. The number of alkyl carbamates (subject to hydrolysis) is 2. The number of carbonyl (C=O) groups is 3. The van der Waals surface area contributed by atoms with Crippen LogP contribution in [-0.2, 0) is 14.2 Å². The SMILES string of the molecule is N#CO.[2H]C([2H])([2H])C([2H])(NC(=O)OCC(C)(CCC)COC(N)=O)C([2H])([2H])[2H].[2H]C([2H])([2H])C([2H])(NC(=O)OCC(C)(CO)CCC)C([2H])([2H])[2H].[Na+]. The Kier molecular flexibility index (Phi) is 13.2. The van der Waals surface area contributed by atoms with Gasteiger partial charge in [-0.1, -0.05) is 40.5 Å². The minimum atomic E-state index is -3.31. The van der Waals surface area contributed by atoms with Gasteiger partial charge in [0.2, 0.25) is 0 Å². The molecule has 0 aromatic rings. The summed E-state index contributed by atoms with van der Waals surface area (Å²) >= 11 is 0. The first kappa shape index (κ1) is 20.0. The summed E-state index contributed by atoms with van der Waals surface area (Å²) in [5.74, 6) is 0. The molecule has 0 saturated heterocycles. The van der Waals surface area contributed by atoms with E-state index in [2.05, 4.69) is 0 Å². The van der Waals surface area contributed by atoms with Crippen LogP contribution in [0.15, 0.2) is 0 Å². The largest absolute Gasteiger partial charge is 1.00 e. The van der Waals surface area contributed by atoms with E-state index in [0.29, 0.717) is 19.3 Å². The predicted octanol–water partition coefficient (Wildman–Crippen LogP) is 0.786. The number of amides is 3. The molecule has 0 aliphatic carbocycles. The number of aliphatic hydroxyl groups excluding tert-OH is 2.